The van der Waals surface area contributed by atoms with Crippen molar-refractivity contribution in [3.63, 3.8) is 0 Å². The highest BCUT2D eigenvalue weighted by atomic mass is 19.2. The second kappa shape index (κ2) is 6.91. The summed E-state index contributed by atoms with van der Waals surface area (Å²) in [4.78, 5) is 27.3. The third-order valence-electron chi connectivity index (χ3n) is 2.89. The van der Waals surface area contributed by atoms with Crippen molar-refractivity contribution in [1.29, 1.82) is 0 Å². The first kappa shape index (κ1) is 16.5. The number of hydrogen-bond acceptors (Lipinski definition) is 3. The van der Waals surface area contributed by atoms with Gasteiger partial charge in [-0.2, -0.15) is 0 Å². The first-order valence-corrected chi connectivity index (χ1v) is 6.52. The predicted molar refractivity (Wildman–Crippen MR) is 76.3 cm³/mol. The van der Waals surface area contributed by atoms with Crippen molar-refractivity contribution in [1.82, 2.24) is 10.3 Å². The van der Waals surface area contributed by atoms with Gasteiger partial charge in [0, 0.05) is 11.9 Å². The molecule has 0 aliphatic rings. The lowest BCUT2D eigenvalue weighted by molar-refractivity contribution is -0.115. The fourth-order valence-electron chi connectivity index (χ4n) is 1.68. The fourth-order valence-corrected chi connectivity index (χ4v) is 1.68. The van der Waals surface area contributed by atoms with Crippen LogP contribution in [0.2, 0.25) is 0 Å². The number of carbonyl (C=O) groups excluding carboxylic acids is 2. The Hall–Kier alpha value is -2.90. The summed E-state index contributed by atoms with van der Waals surface area (Å²) < 4.78 is 39.2. The minimum atomic E-state index is -1.68. The van der Waals surface area contributed by atoms with E-state index in [2.05, 4.69) is 10.3 Å². The molecule has 0 atom stereocenters. The van der Waals surface area contributed by atoms with E-state index >= 15 is 0 Å². The Morgan fingerprint density at radius 2 is 1.83 bits per heavy atom. The van der Waals surface area contributed by atoms with Gasteiger partial charge >= 0.3 is 0 Å². The summed E-state index contributed by atoms with van der Waals surface area (Å²) in [6.07, 6.45) is 1.34. The van der Waals surface area contributed by atoms with Crippen molar-refractivity contribution in [2.75, 3.05) is 11.9 Å². The SMILES string of the molecule is Cc1ccc(C(=O)NCC(=O)Nc2ccc(F)c(F)c2F)cn1. The number of halogens is 3. The van der Waals surface area contributed by atoms with E-state index in [1.54, 1.807) is 13.0 Å². The molecule has 0 saturated carbocycles. The van der Waals surface area contributed by atoms with Crippen molar-refractivity contribution in [2.45, 2.75) is 6.92 Å². The Morgan fingerprint density at radius 3 is 2.48 bits per heavy atom. The molecule has 1 aromatic carbocycles. The number of rotatable bonds is 4. The van der Waals surface area contributed by atoms with E-state index in [1.807, 2.05) is 5.32 Å². The number of anilines is 1. The highest BCUT2D eigenvalue weighted by Gasteiger charge is 2.15. The van der Waals surface area contributed by atoms with Gasteiger partial charge in [0.1, 0.15) is 0 Å². The number of carbonyl (C=O) groups is 2. The van der Waals surface area contributed by atoms with Crippen LogP contribution in [0.1, 0.15) is 16.1 Å². The molecular weight excluding hydrogens is 311 g/mol. The maximum Gasteiger partial charge on any atom is 0.253 e. The van der Waals surface area contributed by atoms with Gasteiger partial charge < -0.3 is 10.6 Å². The van der Waals surface area contributed by atoms with Gasteiger partial charge in [-0.25, -0.2) is 13.2 Å². The van der Waals surface area contributed by atoms with Crippen LogP contribution in [0, 0.1) is 24.4 Å². The number of hydrogen-bond donors (Lipinski definition) is 2. The summed E-state index contributed by atoms with van der Waals surface area (Å²) in [6.45, 7) is 1.29. The molecule has 0 aliphatic carbocycles. The maximum atomic E-state index is 13.4. The van der Waals surface area contributed by atoms with Gasteiger partial charge in [0.25, 0.3) is 5.91 Å². The van der Waals surface area contributed by atoms with E-state index in [0.29, 0.717) is 6.07 Å². The third-order valence-corrected chi connectivity index (χ3v) is 2.89. The molecule has 0 saturated heterocycles. The molecule has 1 heterocycles. The van der Waals surface area contributed by atoms with Gasteiger partial charge in [-0.05, 0) is 31.2 Å². The number of pyridine rings is 1. The van der Waals surface area contributed by atoms with E-state index in [0.717, 1.165) is 11.8 Å². The summed E-state index contributed by atoms with van der Waals surface area (Å²) >= 11 is 0. The minimum absolute atomic E-state index is 0.252. The Morgan fingerprint density at radius 1 is 1.09 bits per heavy atom. The second-order valence-electron chi connectivity index (χ2n) is 4.64. The van der Waals surface area contributed by atoms with Crippen molar-refractivity contribution >= 4 is 17.5 Å². The summed E-state index contributed by atoms with van der Waals surface area (Å²) in [5.74, 6) is -5.88. The highest BCUT2D eigenvalue weighted by Crippen LogP contribution is 2.19. The van der Waals surface area contributed by atoms with Crippen molar-refractivity contribution in [2.24, 2.45) is 0 Å². The maximum absolute atomic E-state index is 13.4. The zero-order valence-corrected chi connectivity index (χ0v) is 12.0. The molecule has 0 fully saturated rings. The minimum Gasteiger partial charge on any atom is -0.343 e. The first-order valence-electron chi connectivity index (χ1n) is 6.52. The van der Waals surface area contributed by atoms with Gasteiger partial charge in [0.15, 0.2) is 17.5 Å². The molecule has 0 aliphatic heterocycles. The van der Waals surface area contributed by atoms with Crippen LogP contribution in [-0.2, 0) is 4.79 Å². The second-order valence-corrected chi connectivity index (χ2v) is 4.64. The normalized spacial score (nSPS) is 10.3. The number of nitrogens with one attached hydrogen (secondary N) is 2. The first-order chi connectivity index (χ1) is 10.9. The average Bonchev–Trinajstić information content (AvgIpc) is 2.54. The highest BCUT2D eigenvalue weighted by molar-refractivity contribution is 5.99. The van der Waals surface area contributed by atoms with Gasteiger partial charge in [-0.15, -0.1) is 0 Å². The summed E-state index contributed by atoms with van der Waals surface area (Å²) in [6, 6.07) is 4.73. The molecule has 2 N–H and O–H groups in total. The zero-order valence-electron chi connectivity index (χ0n) is 12.0. The molecule has 8 heteroatoms. The van der Waals surface area contributed by atoms with Gasteiger partial charge in [-0.1, -0.05) is 0 Å². The van der Waals surface area contributed by atoms with Crippen LogP contribution in [0.4, 0.5) is 18.9 Å². The number of aryl methyl sites for hydroxylation is 1. The number of nitrogens with zero attached hydrogens (tertiary/aromatic N) is 1. The van der Waals surface area contributed by atoms with Crippen LogP contribution in [0.25, 0.3) is 0 Å². The molecule has 1 aromatic heterocycles. The lowest BCUT2D eigenvalue weighted by atomic mass is 10.2. The van der Waals surface area contributed by atoms with E-state index in [4.69, 9.17) is 0 Å². The van der Waals surface area contributed by atoms with Crippen molar-refractivity contribution in [3.05, 3.63) is 59.2 Å². The van der Waals surface area contributed by atoms with Crippen LogP contribution in [0.15, 0.2) is 30.5 Å². The van der Waals surface area contributed by atoms with Gasteiger partial charge in [0.05, 0.1) is 17.8 Å². The lowest BCUT2D eigenvalue weighted by Crippen LogP contribution is -2.33. The molecule has 2 rings (SSSR count). The molecule has 5 nitrogen and oxygen atoms in total. The Kier molecular flexibility index (Phi) is 4.95. The standard InChI is InChI=1S/C15H12F3N3O2/c1-8-2-3-9(6-19-8)15(23)20-7-12(22)21-11-5-4-10(16)13(17)14(11)18/h2-6H,7H2,1H3,(H,20,23)(H,21,22). The summed E-state index contributed by atoms with van der Waals surface area (Å²) in [5.41, 5.74) is 0.468. The topological polar surface area (TPSA) is 71.1 Å². The predicted octanol–water partition coefficient (Wildman–Crippen LogP) is 2.18. The van der Waals surface area contributed by atoms with Gasteiger partial charge in [0.2, 0.25) is 5.91 Å². The van der Waals surface area contributed by atoms with Crippen molar-refractivity contribution < 1.29 is 22.8 Å². The number of amides is 2. The molecule has 0 radical (unpaired) electrons. The number of aromatic nitrogens is 1. The number of benzene rings is 1. The molecule has 23 heavy (non-hydrogen) atoms. The fraction of sp³-hybridized carbons (Fsp3) is 0.133. The Balaban J connectivity index is 1.94. The Bertz CT molecular complexity index is 748. The van der Waals surface area contributed by atoms with E-state index in [1.165, 1.54) is 12.3 Å². The molecule has 0 unspecified atom stereocenters. The van der Waals surface area contributed by atoms with E-state index in [-0.39, 0.29) is 5.56 Å². The summed E-state index contributed by atoms with van der Waals surface area (Å²) in [7, 11) is 0. The quantitative estimate of drug-likeness (QED) is 0.847. The molecule has 0 bridgehead atoms. The third kappa shape index (κ3) is 4.06. The molecule has 120 valence electrons. The molecule has 0 spiro atoms. The smallest absolute Gasteiger partial charge is 0.253 e. The Labute approximate surface area is 129 Å². The van der Waals surface area contributed by atoms with Crippen LogP contribution in [0.3, 0.4) is 0 Å². The van der Waals surface area contributed by atoms with Crippen LogP contribution < -0.4 is 10.6 Å². The molecule has 2 aromatic rings. The van der Waals surface area contributed by atoms with E-state index in [9.17, 15) is 22.8 Å². The van der Waals surface area contributed by atoms with Crippen LogP contribution in [-0.4, -0.2) is 23.3 Å². The monoisotopic (exact) mass is 323 g/mol. The average molecular weight is 323 g/mol. The largest absolute Gasteiger partial charge is 0.343 e. The van der Waals surface area contributed by atoms with Gasteiger partial charge in [-0.3, -0.25) is 14.6 Å². The summed E-state index contributed by atoms with van der Waals surface area (Å²) in [5, 5.41) is 4.35. The lowest BCUT2D eigenvalue weighted by Gasteiger charge is -2.08. The van der Waals surface area contributed by atoms with Crippen molar-refractivity contribution in [3.8, 4) is 0 Å². The van der Waals surface area contributed by atoms with E-state index < -0.39 is 41.5 Å². The zero-order chi connectivity index (χ0) is 17.0. The van der Waals surface area contributed by atoms with Crippen LogP contribution in [0.5, 0.6) is 0 Å². The molecule has 2 amide bonds. The van der Waals surface area contributed by atoms with Crippen LogP contribution >= 0.6 is 0 Å². The molecular formula is C15H12F3N3O2.